The first-order chi connectivity index (χ1) is 9.79. The summed E-state index contributed by atoms with van der Waals surface area (Å²) in [6.07, 6.45) is 8.42. The zero-order valence-corrected chi connectivity index (χ0v) is 12.1. The molecule has 0 radical (unpaired) electrons. The van der Waals surface area contributed by atoms with Gasteiger partial charge in [-0.3, -0.25) is 4.98 Å². The molecule has 1 unspecified atom stereocenters. The monoisotopic (exact) mass is 268 g/mol. The molecule has 0 aromatic carbocycles. The lowest BCUT2D eigenvalue weighted by molar-refractivity contribution is 0.532. The van der Waals surface area contributed by atoms with E-state index >= 15 is 0 Å². The van der Waals surface area contributed by atoms with Crippen LogP contribution in [0.25, 0.3) is 11.5 Å². The fraction of sp³-hybridized carbons (Fsp3) is 0.438. The van der Waals surface area contributed by atoms with Crippen LogP contribution in [0.2, 0.25) is 0 Å². The van der Waals surface area contributed by atoms with Gasteiger partial charge in [0.25, 0.3) is 0 Å². The first-order valence-electron chi connectivity index (χ1n) is 7.24. The van der Waals surface area contributed by atoms with E-state index in [0.717, 1.165) is 29.9 Å². The van der Waals surface area contributed by atoms with Crippen LogP contribution >= 0.6 is 0 Å². The van der Waals surface area contributed by atoms with Gasteiger partial charge in [-0.05, 0) is 44.9 Å². The van der Waals surface area contributed by atoms with Crippen molar-refractivity contribution in [3.05, 3.63) is 41.3 Å². The van der Waals surface area contributed by atoms with Gasteiger partial charge in [0, 0.05) is 29.7 Å². The molecule has 1 atom stereocenters. The fourth-order valence-electron chi connectivity index (χ4n) is 2.85. The number of aryl methyl sites for hydroxylation is 2. The van der Waals surface area contributed by atoms with Crippen LogP contribution in [0.15, 0.2) is 24.5 Å². The van der Waals surface area contributed by atoms with E-state index in [9.17, 15) is 0 Å². The highest BCUT2D eigenvalue weighted by molar-refractivity contribution is 5.54. The van der Waals surface area contributed by atoms with Crippen molar-refractivity contribution in [2.75, 3.05) is 7.05 Å². The predicted octanol–water partition coefficient (Wildman–Crippen LogP) is 2.83. The minimum absolute atomic E-state index is 0.381. The fourth-order valence-corrected chi connectivity index (χ4v) is 2.85. The van der Waals surface area contributed by atoms with Gasteiger partial charge in [0.2, 0.25) is 0 Å². The molecular weight excluding hydrogens is 248 g/mol. The second-order valence-electron chi connectivity index (χ2n) is 5.35. The van der Waals surface area contributed by atoms with E-state index in [1.807, 2.05) is 32.3 Å². The molecule has 0 saturated heterocycles. The Balaban J connectivity index is 2.05. The number of rotatable bonds is 2. The van der Waals surface area contributed by atoms with Crippen molar-refractivity contribution in [3.63, 3.8) is 0 Å². The highest BCUT2D eigenvalue weighted by atomic mass is 14.9. The molecule has 2 heterocycles. The predicted molar refractivity (Wildman–Crippen MR) is 79.4 cm³/mol. The second-order valence-corrected chi connectivity index (χ2v) is 5.35. The Kier molecular flexibility index (Phi) is 3.74. The summed E-state index contributed by atoms with van der Waals surface area (Å²) < 4.78 is 0. The average Bonchev–Trinajstić information content (AvgIpc) is 2.69. The molecule has 4 nitrogen and oxygen atoms in total. The summed E-state index contributed by atoms with van der Waals surface area (Å²) in [5.74, 6) is 0.749. The maximum atomic E-state index is 4.79. The van der Waals surface area contributed by atoms with E-state index in [0.29, 0.717) is 6.04 Å². The summed E-state index contributed by atoms with van der Waals surface area (Å²) in [7, 11) is 2.01. The van der Waals surface area contributed by atoms with Gasteiger partial charge in [-0.1, -0.05) is 12.5 Å². The van der Waals surface area contributed by atoms with Crippen LogP contribution in [0.3, 0.4) is 0 Å². The molecule has 0 fully saturated rings. The van der Waals surface area contributed by atoms with Gasteiger partial charge in [0.05, 0.1) is 0 Å². The summed E-state index contributed by atoms with van der Waals surface area (Å²) >= 11 is 0. The maximum Gasteiger partial charge on any atom is 0.178 e. The molecule has 0 aliphatic heterocycles. The zero-order valence-electron chi connectivity index (χ0n) is 12.1. The smallest absolute Gasteiger partial charge is 0.178 e. The summed E-state index contributed by atoms with van der Waals surface area (Å²) in [5, 5.41) is 3.38. The molecule has 1 aliphatic carbocycles. The van der Waals surface area contributed by atoms with E-state index < -0.39 is 0 Å². The van der Waals surface area contributed by atoms with Crippen LogP contribution < -0.4 is 5.32 Å². The summed E-state index contributed by atoms with van der Waals surface area (Å²) in [5.41, 5.74) is 4.44. The second kappa shape index (κ2) is 5.67. The Morgan fingerprint density at radius 1 is 1.25 bits per heavy atom. The van der Waals surface area contributed by atoms with Crippen LogP contribution in [0.4, 0.5) is 0 Å². The molecular formula is C16H20N4. The Hall–Kier alpha value is -1.81. The van der Waals surface area contributed by atoms with E-state index in [-0.39, 0.29) is 0 Å². The number of hydrogen-bond acceptors (Lipinski definition) is 4. The van der Waals surface area contributed by atoms with Crippen molar-refractivity contribution in [1.29, 1.82) is 0 Å². The average molecular weight is 268 g/mol. The lowest BCUT2D eigenvalue weighted by atomic mass is 10.1. The van der Waals surface area contributed by atoms with Crippen LogP contribution in [0, 0.1) is 6.92 Å². The molecule has 4 heteroatoms. The van der Waals surface area contributed by atoms with E-state index in [4.69, 9.17) is 4.98 Å². The first kappa shape index (κ1) is 13.2. The SMILES string of the molecule is CNC1CCCCc2nc(-c3ncccc3C)ncc21. The van der Waals surface area contributed by atoms with Crippen LogP contribution in [0.5, 0.6) is 0 Å². The summed E-state index contributed by atoms with van der Waals surface area (Å²) in [6, 6.07) is 4.37. The number of pyridine rings is 1. The van der Waals surface area contributed by atoms with Gasteiger partial charge in [0.15, 0.2) is 5.82 Å². The van der Waals surface area contributed by atoms with E-state index in [2.05, 4.69) is 15.3 Å². The Labute approximate surface area is 119 Å². The molecule has 3 rings (SSSR count). The lowest BCUT2D eigenvalue weighted by Crippen LogP contribution is -2.17. The Morgan fingerprint density at radius 3 is 2.95 bits per heavy atom. The summed E-state index contributed by atoms with van der Waals surface area (Å²) in [6.45, 7) is 2.05. The molecule has 0 spiro atoms. The third-order valence-electron chi connectivity index (χ3n) is 4.00. The van der Waals surface area contributed by atoms with Gasteiger partial charge in [0.1, 0.15) is 5.69 Å². The molecule has 0 amide bonds. The molecule has 0 bridgehead atoms. The molecule has 1 N–H and O–H groups in total. The molecule has 0 saturated carbocycles. The topological polar surface area (TPSA) is 50.7 Å². The van der Waals surface area contributed by atoms with Crippen molar-refractivity contribution < 1.29 is 0 Å². The minimum Gasteiger partial charge on any atom is -0.313 e. The van der Waals surface area contributed by atoms with E-state index in [1.165, 1.54) is 24.1 Å². The first-order valence-corrected chi connectivity index (χ1v) is 7.24. The number of nitrogens with one attached hydrogen (secondary N) is 1. The van der Waals surface area contributed by atoms with Gasteiger partial charge < -0.3 is 5.32 Å². The van der Waals surface area contributed by atoms with Gasteiger partial charge in [-0.2, -0.15) is 0 Å². The van der Waals surface area contributed by atoms with Gasteiger partial charge >= 0.3 is 0 Å². The third-order valence-corrected chi connectivity index (χ3v) is 4.00. The van der Waals surface area contributed by atoms with Crippen LogP contribution in [-0.2, 0) is 6.42 Å². The number of fused-ring (bicyclic) bond motifs is 1. The quantitative estimate of drug-likeness (QED) is 0.851. The largest absolute Gasteiger partial charge is 0.313 e. The zero-order chi connectivity index (χ0) is 13.9. The molecule has 1 aliphatic rings. The number of nitrogens with zero attached hydrogens (tertiary/aromatic N) is 3. The number of hydrogen-bond donors (Lipinski definition) is 1. The third kappa shape index (κ3) is 2.43. The highest BCUT2D eigenvalue weighted by Gasteiger charge is 2.20. The van der Waals surface area contributed by atoms with Gasteiger partial charge in [-0.15, -0.1) is 0 Å². The molecule has 2 aromatic rings. The highest BCUT2D eigenvalue weighted by Crippen LogP contribution is 2.28. The van der Waals surface area contributed by atoms with Crippen molar-refractivity contribution >= 4 is 0 Å². The Morgan fingerprint density at radius 2 is 2.15 bits per heavy atom. The van der Waals surface area contributed by atoms with Crippen molar-refractivity contribution in [2.24, 2.45) is 0 Å². The normalized spacial score (nSPS) is 18.4. The molecule has 104 valence electrons. The van der Waals surface area contributed by atoms with E-state index in [1.54, 1.807) is 6.20 Å². The maximum absolute atomic E-state index is 4.79. The van der Waals surface area contributed by atoms with Crippen molar-refractivity contribution in [3.8, 4) is 11.5 Å². The van der Waals surface area contributed by atoms with Crippen molar-refractivity contribution in [1.82, 2.24) is 20.3 Å². The molecule has 2 aromatic heterocycles. The summed E-state index contributed by atoms with van der Waals surface area (Å²) in [4.78, 5) is 13.8. The van der Waals surface area contributed by atoms with Crippen molar-refractivity contribution in [2.45, 2.75) is 38.6 Å². The standard InChI is InChI=1S/C16H20N4/c1-11-6-5-9-18-15(11)16-19-10-12-13(17-2)7-3-4-8-14(12)20-16/h5-6,9-10,13,17H,3-4,7-8H2,1-2H3. The van der Waals surface area contributed by atoms with Crippen LogP contribution in [0.1, 0.15) is 42.1 Å². The minimum atomic E-state index is 0.381. The van der Waals surface area contributed by atoms with Crippen LogP contribution in [-0.4, -0.2) is 22.0 Å². The lowest BCUT2D eigenvalue weighted by Gasteiger charge is -2.16. The Bertz CT molecular complexity index is 609. The van der Waals surface area contributed by atoms with Gasteiger partial charge in [-0.25, -0.2) is 9.97 Å². The number of aromatic nitrogens is 3. The molecule has 20 heavy (non-hydrogen) atoms.